The number of ether oxygens (including phenoxy) is 1. The Balaban J connectivity index is 2.68. The van der Waals surface area contributed by atoms with E-state index in [0.29, 0.717) is 11.6 Å². The highest BCUT2D eigenvalue weighted by atomic mass is 16.5. The van der Waals surface area contributed by atoms with Gasteiger partial charge in [-0.15, -0.1) is 0 Å². The van der Waals surface area contributed by atoms with Gasteiger partial charge in [0.2, 0.25) is 0 Å². The van der Waals surface area contributed by atoms with Gasteiger partial charge in [0.25, 0.3) is 0 Å². The molecule has 0 saturated heterocycles. The van der Waals surface area contributed by atoms with Gasteiger partial charge < -0.3 is 15.4 Å². The summed E-state index contributed by atoms with van der Waals surface area (Å²) in [7, 11) is 1.32. The molecule has 0 aromatic heterocycles. The van der Waals surface area contributed by atoms with E-state index in [4.69, 9.17) is 4.74 Å². The van der Waals surface area contributed by atoms with Gasteiger partial charge in [-0.25, -0.2) is 9.59 Å². The van der Waals surface area contributed by atoms with Crippen molar-refractivity contribution in [3.05, 3.63) is 29.8 Å². The molecular weight excluding hydrogens is 280 g/mol. The normalized spacial score (nSPS) is 13.4. The van der Waals surface area contributed by atoms with E-state index in [9.17, 15) is 9.59 Å². The molecule has 2 N–H and O–H groups in total. The van der Waals surface area contributed by atoms with Crippen LogP contribution in [0.3, 0.4) is 0 Å². The molecule has 5 heteroatoms. The molecule has 122 valence electrons. The van der Waals surface area contributed by atoms with Crippen LogP contribution < -0.4 is 10.6 Å². The Labute approximate surface area is 132 Å². The molecule has 5 nitrogen and oxygen atoms in total. The van der Waals surface area contributed by atoms with Crippen molar-refractivity contribution in [1.29, 1.82) is 0 Å². The van der Waals surface area contributed by atoms with Gasteiger partial charge in [0.1, 0.15) is 6.04 Å². The maximum Gasteiger partial charge on any atom is 0.328 e. The third-order valence-electron chi connectivity index (χ3n) is 3.79. The molecule has 0 aliphatic carbocycles. The number of amides is 2. The van der Waals surface area contributed by atoms with Gasteiger partial charge in [0.15, 0.2) is 0 Å². The Morgan fingerprint density at radius 1 is 1.14 bits per heavy atom. The van der Waals surface area contributed by atoms with Gasteiger partial charge in [-0.3, -0.25) is 0 Å². The Morgan fingerprint density at radius 2 is 1.73 bits per heavy atom. The molecule has 0 saturated carbocycles. The summed E-state index contributed by atoms with van der Waals surface area (Å²) < 4.78 is 4.75. The van der Waals surface area contributed by atoms with E-state index < -0.39 is 18.0 Å². The molecule has 22 heavy (non-hydrogen) atoms. The minimum atomic E-state index is -0.648. The summed E-state index contributed by atoms with van der Waals surface area (Å²) in [5.41, 5.74) is 1.90. The Kier molecular flexibility index (Phi) is 6.89. The molecule has 1 unspecified atom stereocenters. The van der Waals surface area contributed by atoms with E-state index in [2.05, 4.69) is 24.5 Å². The number of benzene rings is 1. The average Bonchev–Trinajstić information content (AvgIpc) is 2.51. The fourth-order valence-electron chi connectivity index (χ4n) is 2.06. The lowest BCUT2D eigenvalue weighted by molar-refractivity contribution is -0.144. The molecule has 0 aliphatic rings. The van der Waals surface area contributed by atoms with Crippen LogP contribution >= 0.6 is 0 Å². The largest absolute Gasteiger partial charge is 0.467 e. The third-order valence-corrected chi connectivity index (χ3v) is 3.79. The van der Waals surface area contributed by atoms with Crippen molar-refractivity contribution in [2.24, 2.45) is 5.92 Å². The lowest BCUT2D eigenvalue weighted by Crippen LogP contribution is -2.47. The van der Waals surface area contributed by atoms with Crippen LogP contribution in [0.4, 0.5) is 10.5 Å². The van der Waals surface area contributed by atoms with Crippen LogP contribution in [0.1, 0.15) is 45.6 Å². The fourth-order valence-corrected chi connectivity index (χ4v) is 2.06. The predicted octanol–water partition coefficient (Wildman–Crippen LogP) is 3.52. The highest BCUT2D eigenvalue weighted by Gasteiger charge is 2.26. The van der Waals surface area contributed by atoms with E-state index in [1.807, 2.05) is 38.1 Å². The number of rotatable bonds is 6. The number of hydrogen-bond donors (Lipinski definition) is 2. The van der Waals surface area contributed by atoms with Crippen molar-refractivity contribution in [2.75, 3.05) is 12.4 Å². The Hall–Kier alpha value is -2.04. The number of esters is 1. The van der Waals surface area contributed by atoms with Crippen molar-refractivity contribution in [2.45, 2.75) is 46.1 Å². The molecule has 2 amide bonds. The molecular formula is C17H26N2O3. The second-order valence-electron chi connectivity index (χ2n) is 5.76. The average molecular weight is 306 g/mol. The number of nitrogens with one attached hydrogen (secondary N) is 2. The second-order valence-corrected chi connectivity index (χ2v) is 5.76. The van der Waals surface area contributed by atoms with Gasteiger partial charge in [-0.05, 0) is 29.5 Å². The second kappa shape index (κ2) is 8.41. The molecule has 2 atom stereocenters. The highest BCUT2D eigenvalue weighted by molar-refractivity contribution is 5.92. The summed E-state index contributed by atoms with van der Waals surface area (Å²) in [5.74, 6) is 0.0122. The number of carbonyl (C=O) groups is 2. The van der Waals surface area contributed by atoms with Crippen molar-refractivity contribution < 1.29 is 14.3 Å². The fraction of sp³-hybridized carbons (Fsp3) is 0.529. The minimum absolute atomic E-state index is 0.00140. The van der Waals surface area contributed by atoms with Crippen LogP contribution in [-0.4, -0.2) is 25.2 Å². The van der Waals surface area contributed by atoms with Crippen molar-refractivity contribution in [3.8, 4) is 0 Å². The topological polar surface area (TPSA) is 67.4 Å². The van der Waals surface area contributed by atoms with Gasteiger partial charge in [0, 0.05) is 5.69 Å². The number of anilines is 1. The summed E-state index contributed by atoms with van der Waals surface area (Å²) in [6.45, 7) is 8.09. The van der Waals surface area contributed by atoms with Gasteiger partial charge in [-0.1, -0.05) is 46.2 Å². The van der Waals surface area contributed by atoms with E-state index in [0.717, 1.165) is 6.42 Å². The summed E-state index contributed by atoms with van der Waals surface area (Å²) in [5, 5.41) is 5.42. The van der Waals surface area contributed by atoms with Gasteiger partial charge >= 0.3 is 12.0 Å². The first kappa shape index (κ1) is 18.0. The quantitative estimate of drug-likeness (QED) is 0.790. The molecule has 0 bridgehead atoms. The molecule has 0 spiro atoms. The lowest BCUT2D eigenvalue weighted by atomic mass is 9.99. The molecule has 1 aromatic rings. The smallest absolute Gasteiger partial charge is 0.328 e. The number of hydrogen-bond acceptors (Lipinski definition) is 3. The van der Waals surface area contributed by atoms with Crippen LogP contribution in [0, 0.1) is 5.92 Å². The molecule has 0 aliphatic heterocycles. The monoisotopic (exact) mass is 306 g/mol. The molecule has 0 heterocycles. The first-order chi connectivity index (χ1) is 10.4. The minimum Gasteiger partial charge on any atom is -0.467 e. The zero-order chi connectivity index (χ0) is 16.7. The van der Waals surface area contributed by atoms with Gasteiger partial charge in [0.05, 0.1) is 7.11 Å². The van der Waals surface area contributed by atoms with Crippen molar-refractivity contribution in [3.63, 3.8) is 0 Å². The first-order valence-corrected chi connectivity index (χ1v) is 7.64. The van der Waals surface area contributed by atoms with Crippen molar-refractivity contribution in [1.82, 2.24) is 5.32 Å². The van der Waals surface area contributed by atoms with E-state index >= 15 is 0 Å². The summed E-state index contributed by atoms with van der Waals surface area (Å²) >= 11 is 0. The lowest BCUT2D eigenvalue weighted by Gasteiger charge is -2.22. The molecule has 0 radical (unpaired) electrons. The van der Waals surface area contributed by atoms with Gasteiger partial charge in [-0.2, -0.15) is 0 Å². The Morgan fingerprint density at radius 3 is 2.18 bits per heavy atom. The van der Waals surface area contributed by atoms with Crippen LogP contribution in [0.2, 0.25) is 0 Å². The maximum absolute atomic E-state index is 12.1. The van der Waals surface area contributed by atoms with Crippen LogP contribution in [0.5, 0.6) is 0 Å². The summed E-state index contributed by atoms with van der Waals surface area (Å²) in [6.07, 6.45) is 0.767. The summed E-state index contributed by atoms with van der Waals surface area (Å²) in [6, 6.07) is 6.61. The molecule has 1 rings (SSSR count). The van der Waals surface area contributed by atoms with E-state index in [-0.39, 0.29) is 5.92 Å². The first-order valence-electron chi connectivity index (χ1n) is 7.64. The number of urea groups is 1. The van der Waals surface area contributed by atoms with Crippen molar-refractivity contribution >= 4 is 17.7 Å². The zero-order valence-corrected chi connectivity index (χ0v) is 14.0. The Bertz CT molecular complexity index is 497. The summed E-state index contributed by atoms with van der Waals surface area (Å²) in [4.78, 5) is 23.8. The zero-order valence-electron chi connectivity index (χ0n) is 14.0. The third kappa shape index (κ3) is 5.06. The maximum atomic E-state index is 12.1. The van der Waals surface area contributed by atoms with Crippen LogP contribution in [0.15, 0.2) is 24.3 Å². The predicted molar refractivity (Wildman–Crippen MR) is 87.9 cm³/mol. The SMILES string of the molecule is CCC(C)[C@@H](NC(=O)Nc1ccc(C(C)C)cc1)C(=O)OC. The highest BCUT2D eigenvalue weighted by Crippen LogP contribution is 2.17. The molecule has 0 fully saturated rings. The van der Waals surface area contributed by atoms with Crippen LogP contribution in [-0.2, 0) is 9.53 Å². The number of methoxy groups -OCH3 is 1. The number of carbonyl (C=O) groups excluding carboxylic acids is 2. The van der Waals surface area contributed by atoms with E-state index in [1.54, 1.807) is 0 Å². The molecule has 1 aromatic carbocycles. The standard InChI is InChI=1S/C17H26N2O3/c1-6-12(4)15(16(20)22-5)19-17(21)18-14-9-7-13(8-10-14)11(2)3/h7-12,15H,6H2,1-5H3,(H2,18,19,21)/t12?,15-/m1/s1. The van der Waals surface area contributed by atoms with E-state index in [1.165, 1.54) is 12.7 Å². The van der Waals surface area contributed by atoms with Crippen LogP contribution in [0.25, 0.3) is 0 Å².